The lowest BCUT2D eigenvalue weighted by Gasteiger charge is -2.36. The van der Waals surface area contributed by atoms with E-state index < -0.39 is 5.60 Å². The minimum absolute atomic E-state index is 0.517. The highest BCUT2D eigenvalue weighted by atomic mass is 16.7. The van der Waals surface area contributed by atoms with E-state index in [9.17, 15) is 9.90 Å². The third-order valence-electron chi connectivity index (χ3n) is 6.31. The van der Waals surface area contributed by atoms with Crippen LogP contribution in [0.15, 0.2) is 60.7 Å². The molecule has 2 saturated heterocycles. The molecule has 4 nitrogen and oxygen atoms in total. The Morgan fingerprint density at radius 2 is 1.50 bits per heavy atom. The van der Waals surface area contributed by atoms with E-state index in [4.69, 9.17) is 4.74 Å². The summed E-state index contributed by atoms with van der Waals surface area (Å²) in [4.78, 5) is 11.2. The number of benzene rings is 2. The molecule has 2 atom stereocenters. The lowest BCUT2D eigenvalue weighted by molar-refractivity contribution is -0.236. The van der Waals surface area contributed by atoms with Gasteiger partial charge in [0.1, 0.15) is 13.2 Å². The summed E-state index contributed by atoms with van der Waals surface area (Å²) in [5.41, 5.74) is -0.393. The lowest BCUT2D eigenvalue weighted by atomic mass is 9.88. The molecule has 2 aliphatic rings. The number of aldehydes is 1. The quantitative estimate of drug-likeness (QED) is 0.581. The highest BCUT2D eigenvalue weighted by molar-refractivity contribution is 5.72. The largest absolute Gasteiger partial charge is 0.420 e. The number of aliphatic hydroxyl groups is 1. The summed E-state index contributed by atoms with van der Waals surface area (Å²) >= 11 is 0. The van der Waals surface area contributed by atoms with Crippen LogP contribution in [0, 0.1) is 0 Å². The molecule has 0 saturated carbocycles. The van der Waals surface area contributed by atoms with E-state index >= 15 is 0 Å². The number of fused-ring (bicyclic) bond motifs is 1. The van der Waals surface area contributed by atoms with Crippen LogP contribution in [0.2, 0.25) is 0 Å². The number of carbonyl (C=O) groups is 1. The fourth-order valence-electron chi connectivity index (χ4n) is 4.46. The Morgan fingerprint density at radius 3 is 2.07 bits per heavy atom. The SMILES string of the molecule is COC1CC[O+]2CCCCCCC2C1.O=CC(O)(c1ccccc1)c1ccccc1. The van der Waals surface area contributed by atoms with Gasteiger partial charge in [-0.25, -0.2) is 0 Å². The second kappa shape index (κ2) is 11.4. The van der Waals surface area contributed by atoms with E-state index in [-0.39, 0.29) is 0 Å². The van der Waals surface area contributed by atoms with Crippen LogP contribution >= 0.6 is 0 Å². The molecule has 0 amide bonds. The van der Waals surface area contributed by atoms with Gasteiger partial charge in [-0.2, -0.15) is 0 Å². The summed E-state index contributed by atoms with van der Waals surface area (Å²) in [6.07, 6.45) is 11.3. The Balaban J connectivity index is 0.000000172. The molecule has 4 heteroatoms. The van der Waals surface area contributed by atoms with Gasteiger partial charge in [0.05, 0.1) is 6.10 Å². The van der Waals surface area contributed by atoms with Crippen molar-refractivity contribution in [2.24, 2.45) is 0 Å². The fourth-order valence-corrected chi connectivity index (χ4v) is 4.46. The van der Waals surface area contributed by atoms with Crippen molar-refractivity contribution in [3.8, 4) is 0 Å². The maximum Gasteiger partial charge on any atom is 0.170 e. The predicted octanol–water partition coefficient (Wildman–Crippen LogP) is 4.80. The summed E-state index contributed by atoms with van der Waals surface area (Å²) in [5, 5.41) is 10.4. The molecule has 2 aliphatic heterocycles. The highest BCUT2D eigenvalue weighted by Gasteiger charge is 2.33. The van der Waals surface area contributed by atoms with Crippen LogP contribution in [0.5, 0.6) is 0 Å². The molecule has 0 radical (unpaired) electrons. The third-order valence-corrected chi connectivity index (χ3v) is 6.31. The topological polar surface area (TPSA) is 49.2 Å². The average molecular weight is 412 g/mol. The summed E-state index contributed by atoms with van der Waals surface area (Å²) in [6.45, 7) is 2.43. The lowest BCUT2D eigenvalue weighted by Crippen LogP contribution is -2.40. The van der Waals surface area contributed by atoms with Crippen molar-refractivity contribution in [1.29, 1.82) is 0 Å². The summed E-state index contributed by atoms with van der Waals surface area (Å²) < 4.78 is 9.01. The van der Waals surface area contributed by atoms with Crippen LogP contribution in [-0.2, 0) is 19.5 Å². The molecule has 0 spiro atoms. The van der Waals surface area contributed by atoms with Gasteiger partial charge in [-0.05, 0) is 24.0 Å². The molecule has 2 fully saturated rings. The van der Waals surface area contributed by atoms with E-state index in [1.807, 2.05) is 19.2 Å². The maximum atomic E-state index is 11.2. The number of carbonyl (C=O) groups excluding carboxylic acids is 1. The average Bonchev–Trinajstić information content (AvgIpc) is 2.80. The second-order valence-electron chi connectivity index (χ2n) is 8.27. The van der Waals surface area contributed by atoms with Gasteiger partial charge in [0.2, 0.25) is 0 Å². The Hall–Kier alpha value is -2.01. The molecule has 2 aromatic rings. The summed E-state index contributed by atoms with van der Waals surface area (Å²) in [5.74, 6) is 0. The van der Waals surface area contributed by atoms with Crippen LogP contribution in [0.4, 0.5) is 0 Å². The number of rotatable bonds is 4. The minimum Gasteiger partial charge on any atom is -0.420 e. The maximum absolute atomic E-state index is 11.2. The predicted molar refractivity (Wildman–Crippen MR) is 120 cm³/mol. The zero-order chi connectivity index (χ0) is 21.2. The molecule has 1 N–H and O–H groups in total. The summed E-state index contributed by atoms with van der Waals surface area (Å²) in [6, 6.07) is 17.8. The Labute approximate surface area is 180 Å². The van der Waals surface area contributed by atoms with E-state index in [2.05, 4.69) is 4.37 Å². The highest BCUT2D eigenvalue weighted by Crippen LogP contribution is 2.29. The first kappa shape index (κ1) is 22.7. The van der Waals surface area contributed by atoms with Gasteiger partial charge in [-0.15, -0.1) is 0 Å². The van der Waals surface area contributed by atoms with Gasteiger partial charge < -0.3 is 14.2 Å². The number of hydrogen-bond acceptors (Lipinski definition) is 3. The first-order chi connectivity index (χ1) is 14.7. The van der Waals surface area contributed by atoms with Gasteiger partial charge in [0.15, 0.2) is 18.0 Å². The smallest absolute Gasteiger partial charge is 0.170 e. The Morgan fingerprint density at radius 1 is 0.900 bits per heavy atom. The van der Waals surface area contributed by atoms with Crippen molar-refractivity contribution in [2.45, 2.75) is 62.8 Å². The molecule has 0 bridgehead atoms. The van der Waals surface area contributed by atoms with Gasteiger partial charge in [0.25, 0.3) is 0 Å². The molecule has 0 aromatic heterocycles. The molecular weight excluding hydrogens is 376 g/mol. The van der Waals surface area contributed by atoms with Crippen LogP contribution in [0.25, 0.3) is 0 Å². The van der Waals surface area contributed by atoms with Crippen LogP contribution in [0.1, 0.15) is 56.1 Å². The van der Waals surface area contributed by atoms with Gasteiger partial charge in [-0.1, -0.05) is 67.1 Å². The van der Waals surface area contributed by atoms with E-state index in [0.29, 0.717) is 23.5 Å². The zero-order valence-electron chi connectivity index (χ0n) is 18.0. The van der Waals surface area contributed by atoms with E-state index in [1.165, 1.54) is 58.2 Å². The molecule has 30 heavy (non-hydrogen) atoms. The normalized spacial score (nSPS) is 22.6. The molecule has 0 aliphatic carbocycles. The standard InChI is InChI=1S/C14H12O2.C12H23O2/c15-11-14(16,12-7-3-1-4-8-12)13-9-5-2-6-10-13;1-13-11-7-9-14-8-5-3-2-4-6-12(14)10-11/h1-11,16H;11-12H,2-10H2,1H3/q;+1. The molecule has 2 unspecified atom stereocenters. The van der Waals surface area contributed by atoms with Crippen molar-refractivity contribution in [2.75, 3.05) is 20.3 Å². The minimum atomic E-state index is -1.55. The monoisotopic (exact) mass is 411 g/mol. The van der Waals surface area contributed by atoms with Crippen molar-refractivity contribution < 1.29 is 19.0 Å². The second-order valence-corrected chi connectivity index (χ2v) is 8.27. The van der Waals surface area contributed by atoms with Crippen molar-refractivity contribution in [3.05, 3.63) is 71.8 Å². The number of ether oxygens (including phenoxy) is 1. The Kier molecular flexibility index (Phi) is 8.61. The first-order valence-electron chi connectivity index (χ1n) is 11.2. The molecule has 162 valence electrons. The molecule has 4 rings (SSSR count). The third kappa shape index (κ3) is 5.78. The van der Waals surface area contributed by atoms with Crippen LogP contribution in [0.3, 0.4) is 0 Å². The summed E-state index contributed by atoms with van der Waals surface area (Å²) in [7, 11) is 1.86. The number of methoxy groups -OCH3 is 1. The van der Waals surface area contributed by atoms with Gasteiger partial charge in [0, 0.05) is 32.8 Å². The van der Waals surface area contributed by atoms with Gasteiger partial charge >= 0.3 is 0 Å². The zero-order valence-corrected chi connectivity index (χ0v) is 18.0. The van der Waals surface area contributed by atoms with E-state index in [0.717, 1.165) is 6.10 Å². The number of hydrogen-bond donors (Lipinski definition) is 1. The fraction of sp³-hybridized carbons (Fsp3) is 0.500. The van der Waals surface area contributed by atoms with Crippen molar-refractivity contribution in [3.63, 3.8) is 0 Å². The molecule has 2 heterocycles. The van der Waals surface area contributed by atoms with Crippen LogP contribution in [-0.4, -0.2) is 43.9 Å². The van der Waals surface area contributed by atoms with Crippen molar-refractivity contribution >= 4 is 6.29 Å². The van der Waals surface area contributed by atoms with Gasteiger partial charge in [-0.3, -0.25) is 4.79 Å². The first-order valence-corrected chi connectivity index (χ1v) is 11.2. The molecule has 2 aromatic carbocycles. The van der Waals surface area contributed by atoms with Crippen LogP contribution < -0.4 is 0 Å². The van der Waals surface area contributed by atoms with Crippen molar-refractivity contribution in [1.82, 2.24) is 0 Å². The Bertz CT molecular complexity index is 707. The molecular formula is C26H35O4+. The van der Waals surface area contributed by atoms with E-state index in [1.54, 1.807) is 48.5 Å².